The van der Waals surface area contributed by atoms with Crippen molar-refractivity contribution in [2.24, 2.45) is 0 Å². The van der Waals surface area contributed by atoms with Crippen LogP contribution in [0.25, 0.3) is 9.88 Å². The lowest BCUT2D eigenvalue weighted by molar-refractivity contribution is 0.140. The van der Waals surface area contributed by atoms with Crippen molar-refractivity contribution in [1.82, 2.24) is 15.2 Å². The van der Waals surface area contributed by atoms with E-state index in [1.807, 2.05) is 17.5 Å². The summed E-state index contributed by atoms with van der Waals surface area (Å²) in [5.41, 5.74) is 0. The molecular weight excluding hydrogens is 310 g/mol. The van der Waals surface area contributed by atoms with Crippen molar-refractivity contribution >= 4 is 35.1 Å². The van der Waals surface area contributed by atoms with Crippen LogP contribution in [-0.4, -0.2) is 35.1 Å². The van der Waals surface area contributed by atoms with Crippen LogP contribution in [0.5, 0.6) is 0 Å². The van der Waals surface area contributed by atoms with Gasteiger partial charge in [-0.1, -0.05) is 6.07 Å². The molecule has 1 aliphatic rings. The van der Waals surface area contributed by atoms with Gasteiger partial charge in [0.15, 0.2) is 0 Å². The van der Waals surface area contributed by atoms with Crippen molar-refractivity contribution in [2.45, 2.75) is 32.5 Å². The average molecular weight is 330 g/mol. The van der Waals surface area contributed by atoms with Gasteiger partial charge in [0.05, 0.1) is 4.88 Å². The summed E-state index contributed by atoms with van der Waals surface area (Å²) in [5.74, 6) is 0. The molecule has 0 aliphatic carbocycles. The maximum absolute atomic E-state index is 4.55. The van der Waals surface area contributed by atoms with Crippen LogP contribution in [0.2, 0.25) is 0 Å². The first-order valence-electron chi connectivity index (χ1n) is 6.68. The van der Waals surface area contributed by atoms with Crippen LogP contribution in [0.3, 0.4) is 0 Å². The summed E-state index contributed by atoms with van der Waals surface area (Å²) in [7, 11) is 0. The van der Waals surface area contributed by atoms with Gasteiger partial charge in [-0.25, -0.2) is 4.98 Å². The third-order valence-electron chi connectivity index (χ3n) is 3.54. The molecule has 0 saturated carbocycles. The van der Waals surface area contributed by atoms with Gasteiger partial charge < -0.3 is 5.32 Å². The summed E-state index contributed by atoms with van der Waals surface area (Å²) in [6, 6.07) is 5.41. The molecule has 2 aromatic heterocycles. The minimum absolute atomic E-state index is 0. The molecule has 6 heteroatoms. The van der Waals surface area contributed by atoms with Gasteiger partial charge in [-0.3, -0.25) is 4.90 Å². The van der Waals surface area contributed by atoms with E-state index < -0.39 is 0 Å². The summed E-state index contributed by atoms with van der Waals surface area (Å²) in [6.45, 7) is 7.77. The van der Waals surface area contributed by atoms with Crippen LogP contribution in [0.4, 0.5) is 0 Å². The largest absolute Gasteiger partial charge is 0.311 e. The van der Waals surface area contributed by atoms with E-state index in [4.69, 9.17) is 0 Å². The molecule has 3 heterocycles. The fourth-order valence-corrected chi connectivity index (χ4v) is 4.15. The van der Waals surface area contributed by atoms with E-state index >= 15 is 0 Å². The van der Waals surface area contributed by atoms with E-state index in [9.17, 15) is 0 Å². The molecule has 110 valence electrons. The predicted octanol–water partition coefficient (Wildman–Crippen LogP) is 3.48. The smallest absolute Gasteiger partial charge is 0.133 e. The number of thiophene rings is 1. The molecule has 0 aromatic carbocycles. The Bertz CT molecular complexity index is 526. The molecule has 2 aromatic rings. The SMILES string of the molecule is CC1CN(Cc2cnc(-c3cccs3)s2)C(C)CN1.Cl. The van der Waals surface area contributed by atoms with Crippen molar-refractivity contribution in [1.29, 1.82) is 0 Å². The first-order valence-corrected chi connectivity index (χ1v) is 8.38. The molecule has 1 N–H and O–H groups in total. The van der Waals surface area contributed by atoms with Crippen LogP contribution < -0.4 is 5.32 Å². The van der Waals surface area contributed by atoms with Gasteiger partial charge in [0.1, 0.15) is 5.01 Å². The molecular formula is C14H20ClN3S2. The standard InChI is InChI=1S/C14H19N3S2.ClH/c1-10-8-17(11(2)6-15-10)9-12-7-16-14(19-12)13-4-3-5-18-13;/h3-5,7,10-11,15H,6,8-9H2,1-2H3;1H. The highest BCUT2D eigenvalue weighted by atomic mass is 35.5. The number of hydrogen-bond acceptors (Lipinski definition) is 5. The van der Waals surface area contributed by atoms with E-state index in [0.29, 0.717) is 12.1 Å². The minimum atomic E-state index is 0. The molecule has 1 aliphatic heterocycles. The summed E-state index contributed by atoms with van der Waals surface area (Å²) >= 11 is 3.59. The second kappa shape index (κ2) is 7.00. The minimum Gasteiger partial charge on any atom is -0.311 e. The average Bonchev–Trinajstić information content (AvgIpc) is 3.04. The Hall–Kier alpha value is -0.460. The fraction of sp³-hybridized carbons (Fsp3) is 0.500. The van der Waals surface area contributed by atoms with E-state index in [2.05, 4.69) is 46.6 Å². The molecule has 0 bridgehead atoms. The molecule has 0 radical (unpaired) electrons. The van der Waals surface area contributed by atoms with Crippen molar-refractivity contribution < 1.29 is 0 Å². The maximum Gasteiger partial charge on any atom is 0.133 e. The van der Waals surface area contributed by atoms with Crippen LogP contribution >= 0.6 is 35.1 Å². The van der Waals surface area contributed by atoms with Gasteiger partial charge in [0.25, 0.3) is 0 Å². The zero-order valence-corrected chi connectivity index (χ0v) is 14.2. The second-order valence-corrected chi connectivity index (χ2v) is 7.26. The van der Waals surface area contributed by atoms with Gasteiger partial charge in [-0.2, -0.15) is 0 Å². The zero-order chi connectivity index (χ0) is 13.2. The van der Waals surface area contributed by atoms with Crippen molar-refractivity contribution in [3.05, 3.63) is 28.6 Å². The van der Waals surface area contributed by atoms with Crippen LogP contribution in [0.1, 0.15) is 18.7 Å². The van der Waals surface area contributed by atoms with Gasteiger partial charge in [0.2, 0.25) is 0 Å². The quantitative estimate of drug-likeness (QED) is 0.934. The van der Waals surface area contributed by atoms with Gasteiger partial charge in [-0.05, 0) is 25.3 Å². The fourth-order valence-electron chi connectivity index (χ4n) is 2.41. The normalized spacial score (nSPS) is 23.5. The summed E-state index contributed by atoms with van der Waals surface area (Å²) in [5, 5.41) is 6.78. The summed E-state index contributed by atoms with van der Waals surface area (Å²) in [6.07, 6.45) is 2.04. The number of aromatic nitrogens is 1. The number of rotatable bonds is 3. The van der Waals surface area contributed by atoms with E-state index in [1.165, 1.54) is 9.75 Å². The predicted molar refractivity (Wildman–Crippen MR) is 90.0 cm³/mol. The van der Waals surface area contributed by atoms with Crippen LogP contribution in [0.15, 0.2) is 23.7 Å². The molecule has 2 atom stereocenters. The summed E-state index contributed by atoms with van der Waals surface area (Å²) in [4.78, 5) is 9.74. The monoisotopic (exact) mass is 329 g/mol. The third kappa shape index (κ3) is 3.59. The highest BCUT2D eigenvalue weighted by molar-refractivity contribution is 7.20. The Morgan fingerprint density at radius 1 is 1.45 bits per heavy atom. The Labute approximate surface area is 134 Å². The number of nitrogens with zero attached hydrogens (tertiary/aromatic N) is 2. The number of thiazole rings is 1. The lowest BCUT2D eigenvalue weighted by atomic mass is 10.1. The van der Waals surface area contributed by atoms with Crippen LogP contribution in [0, 0.1) is 0 Å². The number of hydrogen-bond donors (Lipinski definition) is 1. The Balaban J connectivity index is 0.00000147. The lowest BCUT2D eigenvalue weighted by Gasteiger charge is -2.37. The number of halogens is 1. The highest BCUT2D eigenvalue weighted by Crippen LogP contribution is 2.29. The number of piperazine rings is 1. The van der Waals surface area contributed by atoms with Gasteiger partial charge >= 0.3 is 0 Å². The van der Waals surface area contributed by atoms with Crippen molar-refractivity contribution in [3.63, 3.8) is 0 Å². The highest BCUT2D eigenvalue weighted by Gasteiger charge is 2.22. The molecule has 0 spiro atoms. The van der Waals surface area contributed by atoms with Gasteiger partial charge in [-0.15, -0.1) is 35.1 Å². The Morgan fingerprint density at radius 2 is 2.30 bits per heavy atom. The Morgan fingerprint density at radius 3 is 3.05 bits per heavy atom. The van der Waals surface area contributed by atoms with Crippen LogP contribution in [-0.2, 0) is 6.54 Å². The molecule has 3 rings (SSSR count). The summed E-state index contributed by atoms with van der Waals surface area (Å²) < 4.78 is 0. The Kier molecular flexibility index (Phi) is 5.57. The van der Waals surface area contributed by atoms with Crippen molar-refractivity contribution in [3.8, 4) is 9.88 Å². The maximum atomic E-state index is 4.55. The molecule has 2 unspecified atom stereocenters. The van der Waals surface area contributed by atoms with E-state index in [0.717, 1.165) is 24.6 Å². The number of nitrogens with one attached hydrogen (secondary N) is 1. The van der Waals surface area contributed by atoms with E-state index in [1.54, 1.807) is 11.3 Å². The first-order chi connectivity index (χ1) is 9.22. The van der Waals surface area contributed by atoms with E-state index in [-0.39, 0.29) is 12.4 Å². The molecule has 0 amide bonds. The molecule has 1 saturated heterocycles. The lowest BCUT2D eigenvalue weighted by Crippen LogP contribution is -2.53. The zero-order valence-electron chi connectivity index (χ0n) is 11.7. The third-order valence-corrected chi connectivity index (χ3v) is 5.56. The van der Waals surface area contributed by atoms with Crippen molar-refractivity contribution in [2.75, 3.05) is 13.1 Å². The molecule has 3 nitrogen and oxygen atoms in total. The second-order valence-electron chi connectivity index (χ2n) is 5.20. The topological polar surface area (TPSA) is 28.2 Å². The molecule has 1 fully saturated rings. The molecule has 20 heavy (non-hydrogen) atoms. The van der Waals surface area contributed by atoms with Gasteiger partial charge in [0, 0.05) is 42.8 Å². The first kappa shape index (κ1) is 15.9.